The number of rotatable bonds is 4. The van der Waals surface area contributed by atoms with Gasteiger partial charge in [-0.15, -0.1) is 0 Å². The molecule has 4 nitrogen and oxygen atoms in total. The van der Waals surface area contributed by atoms with E-state index in [0.29, 0.717) is 0 Å². The van der Waals surface area contributed by atoms with E-state index in [1.165, 1.54) is 0 Å². The van der Waals surface area contributed by atoms with Crippen LogP contribution in [0.25, 0.3) is 11.4 Å². The second kappa shape index (κ2) is 5.26. The van der Waals surface area contributed by atoms with Crippen LogP contribution in [0.15, 0.2) is 22.7 Å². The van der Waals surface area contributed by atoms with Gasteiger partial charge in [-0.25, -0.2) is 8.78 Å². The van der Waals surface area contributed by atoms with Crippen molar-refractivity contribution in [3.63, 3.8) is 0 Å². The molecule has 1 aromatic carbocycles. The first kappa shape index (κ1) is 13.3. The SMILES string of the molecule is CC(C)C(=O)Cc1nc(-c2cc(F)cc(F)c2)no1. The predicted molar refractivity (Wildman–Crippen MR) is 63.2 cm³/mol. The van der Waals surface area contributed by atoms with Crippen molar-refractivity contribution in [1.82, 2.24) is 10.1 Å². The van der Waals surface area contributed by atoms with Gasteiger partial charge in [-0.2, -0.15) is 4.98 Å². The summed E-state index contributed by atoms with van der Waals surface area (Å²) < 4.78 is 31.0. The lowest BCUT2D eigenvalue weighted by Crippen LogP contribution is -2.10. The van der Waals surface area contributed by atoms with Gasteiger partial charge in [0.2, 0.25) is 11.7 Å². The van der Waals surface area contributed by atoms with E-state index in [0.717, 1.165) is 18.2 Å². The maximum atomic E-state index is 13.1. The summed E-state index contributed by atoms with van der Waals surface area (Å²) in [6.07, 6.45) is 0.0163. The zero-order chi connectivity index (χ0) is 14.0. The summed E-state index contributed by atoms with van der Waals surface area (Å²) in [6.45, 7) is 3.53. The average molecular weight is 266 g/mol. The largest absolute Gasteiger partial charge is 0.339 e. The van der Waals surface area contributed by atoms with Crippen LogP contribution in [0, 0.1) is 17.6 Å². The van der Waals surface area contributed by atoms with Crippen LogP contribution in [0.5, 0.6) is 0 Å². The summed E-state index contributed by atoms with van der Waals surface area (Å²) in [5.74, 6) is -1.43. The molecular weight excluding hydrogens is 254 g/mol. The molecule has 0 aliphatic heterocycles. The minimum absolute atomic E-state index is 0.0163. The van der Waals surface area contributed by atoms with Crippen LogP contribution in [-0.2, 0) is 11.2 Å². The summed E-state index contributed by atoms with van der Waals surface area (Å²) in [7, 11) is 0. The van der Waals surface area contributed by atoms with Gasteiger partial charge in [-0.05, 0) is 12.1 Å². The molecule has 1 aromatic heterocycles. The number of halogens is 2. The fraction of sp³-hybridized carbons (Fsp3) is 0.308. The number of carbonyl (C=O) groups is 1. The molecule has 1 heterocycles. The molecule has 0 N–H and O–H groups in total. The number of hydrogen-bond donors (Lipinski definition) is 0. The van der Waals surface area contributed by atoms with Gasteiger partial charge in [0.15, 0.2) is 0 Å². The van der Waals surface area contributed by atoms with Crippen LogP contribution in [0.2, 0.25) is 0 Å². The number of aromatic nitrogens is 2. The van der Waals surface area contributed by atoms with Gasteiger partial charge < -0.3 is 4.52 Å². The van der Waals surface area contributed by atoms with Crippen LogP contribution >= 0.6 is 0 Å². The Morgan fingerprint density at radius 2 is 1.89 bits per heavy atom. The van der Waals surface area contributed by atoms with Crippen molar-refractivity contribution in [2.45, 2.75) is 20.3 Å². The normalized spacial score (nSPS) is 11.0. The molecule has 0 spiro atoms. The van der Waals surface area contributed by atoms with Gasteiger partial charge in [-0.1, -0.05) is 19.0 Å². The number of hydrogen-bond acceptors (Lipinski definition) is 4. The van der Waals surface area contributed by atoms with E-state index in [4.69, 9.17) is 4.52 Å². The van der Waals surface area contributed by atoms with Crippen molar-refractivity contribution >= 4 is 5.78 Å². The highest BCUT2D eigenvalue weighted by molar-refractivity contribution is 5.81. The van der Waals surface area contributed by atoms with Crippen LogP contribution in [-0.4, -0.2) is 15.9 Å². The second-order valence-electron chi connectivity index (χ2n) is 4.47. The molecule has 0 fully saturated rings. The standard InChI is InChI=1S/C13H12F2N2O2/c1-7(2)11(18)6-12-16-13(17-19-12)8-3-9(14)5-10(15)4-8/h3-5,7H,6H2,1-2H3. The Kier molecular flexibility index (Phi) is 3.69. The number of Topliss-reactive ketones (excluding diaryl/α,β-unsaturated/α-hetero) is 1. The van der Waals surface area contributed by atoms with Gasteiger partial charge >= 0.3 is 0 Å². The van der Waals surface area contributed by atoms with Crippen molar-refractivity contribution in [3.8, 4) is 11.4 Å². The summed E-state index contributed by atoms with van der Waals surface area (Å²) >= 11 is 0. The highest BCUT2D eigenvalue weighted by Gasteiger charge is 2.15. The van der Waals surface area contributed by atoms with E-state index in [9.17, 15) is 13.6 Å². The van der Waals surface area contributed by atoms with E-state index < -0.39 is 11.6 Å². The molecule has 100 valence electrons. The first-order valence-electron chi connectivity index (χ1n) is 5.77. The minimum atomic E-state index is -0.723. The molecule has 0 aliphatic carbocycles. The first-order chi connectivity index (χ1) is 8.95. The van der Waals surface area contributed by atoms with E-state index in [1.54, 1.807) is 13.8 Å². The van der Waals surface area contributed by atoms with E-state index in [2.05, 4.69) is 10.1 Å². The van der Waals surface area contributed by atoms with Crippen molar-refractivity contribution in [2.75, 3.05) is 0 Å². The molecule has 2 rings (SSSR count). The predicted octanol–water partition coefficient (Wildman–Crippen LogP) is 2.78. The summed E-state index contributed by atoms with van der Waals surface area (Å²) in [5, 5.41) is 3.61. The van der Waals surface area contributed by atoms with Crippen molar-refractivity contribution in [3.05, 3.63) is 35.7 Å². The Hall–Kier alpha value is -2.11. The number of nitrogens with zero attached hydrogens (tertiary/aromatic N) is 2. The van der Waals surface area contributed by atoms with Gasteiger partial charge in [0.05, 0.1) is 6.42 Å². The second-order valence-corrected chi connectivity index (χ2v) is 4.47. The molecule has 2 aromatic rings. The van der Waals surface area contributed by atoms with Gasteiger partial charge in [0.1, 0.15) is 17.4 Å². The van der Waals surface area contributed by atoms with Crippen LogP contribution in [0.3, 0.4) is 0 Å². The smallest absolute Gasteiger partial charge is 0.234 e. The summed E-state index contributed by atoms with van der Waals surface area (Å²) in [5.41, 5.74) is 0.171. The Balaban J connectivity index is 2.23. The molecule has 0 saturated heterocycles. The topological polar surface area (TPSA) is 56.0 Å². The third-order valence-electron chi connectivity index (χ3n) is 2.56. The lowest BCUT2D eigenvalue weighted by molar-refractivity contribution is -0.121. The molecule has 6 heteroatoms. The highest BCUT2D eigenvalue weighted by atomic mass is 19.1. The Morgan fingerprint density at radius 1 is 1.26 bits per heavy atom. The van der Waals surface area contributed by atoms with Crippen molar-refractivity contribution in [2.24, 2.45) is 5.92 Å². The third-order valence-corrected chi connectivity index (χ3v) is 2.56. The molecule has 19 heavy (non-hydrogen) atoms. The zero-order valence-corrected chi connectivity index (χ0v) is 10.5. The molecule has 0 bridgehead atoms. The van der Waals surface area contributed by atoms with Crippen molar-refractivity contribution < 1.29 is 18.1 Å². The van der Waals surface area contributed by atoms with Crippen LogP contribution in [0.4, 0.5) is 8.78 Å². The number of ketones is 1. The average Bonchev–Trinajstić information content (AvgIpc) is 2.76. The lowest BCUT2D eigenvalue weighted by atomic mass is 10.1. The highest BCUT2D eigenvalue weighted by Crippen LogP contribution is 2.19. The molecule has 0 amide bonds. The van der Waals surface area contributed by atoms with E-state index in [-0.39, 0.29) is 35.4 Å². The maximum Gasteiger partial charge on any atom is 0.234 e. The molecule has 0 saturated carbocycles. The lowest BCUT2D eigenvalue weighted by Gasteiger charge is -1.98. The van der Waals surface area contributed by atoms with Gasteiger partial charge in [0, 0.05) is 17.5 Å². The van der Waals surface area contributed by atoms with Crippen molar-refractivity contribution in [1.29, 1.82) is 0 Å². The Bertz CT molecular complexity index is 588. The fourth-order valence-corrected chi connectivity index (χ4v) is 1.48. The molecular formula is C13H12F2N2O2. The fourth-order valence-electron chi connectivity index (χ4n) is 1.48. The quantitative estimate of drug-likeness (QED) is 0.853. The summed E-state index contributed by atoms with van der Waals surface area (Å²) in [4.78, 5) is 15.5. The Labute approximate surface area is 108 Å². The van der Waals surface area contributed by atoms with Crippen LogP contribution in [0.1, 0.15) is 19.7 Å². The van der Waals surface area contributed by atoms with E-state index >= 15 is 0 Å². The molecule has 0 atom stereocenters. The Morgan fingerprint density at radius 3 is 2.47 bits per heavy atom. The third kappa shape index (κ3) is 3.21. The summed E-state index contributed by atoms with van der Waals surface area (Å²) in [6, 6.07) is 2.96. The van der Waals surface area contributed by atoms with Gasteiger partial charge in [-0.3, -0.25) is 4.79 Å². The number of carbonyl (C=O) groups excluding carboxylic acids is 1. The maximum absolute atomic E-state index is 13.1. The molecule has 0 unspecified atom stereocenters. The minimum Gasteiger partial charge on any atom is -0.339 e. The zero-order valence-electron chi connectivity index (χ0n) is 10.5. The number of benzene rings is 1. The van der Waals surface area contributed by atoms with Gasteiger partial charge in [0.25, 0.3) is 0 Å². The molecule has 0 radical (unpaired) electrons. The molecule has 0 aliphatic rings. The van der Waals surface area contributed by atoms with Crippen LogP contribution < -0.4 is 0 Å². The first-order valence-corrected chi connectivity index (χ1v) is 5.77. The van der Waals surface area contributed by atoms with E-state index in [1.807, 2.05) is 0 Å². The monoisotopic (exact) mass is 266 g/mol.